The number of hydrogen-bond donors (Lipinski definition) is 2. The SMILES string of the molecule is CN=C(NCCn1cccc1)NCc1ccc(C)cc1N(C)C.I. The first-order chi connectivity index (χ1) is 11.1. The van der Waals surface area contributed by atoms with Gasteiger partial charge in [-0.2, -0.15) is 0 Å². The lowest BCUT2D eigenvalue weighted by atomic mass is 10.1. The van der Waals surface area contributed by atoms with Crippen molar-refractivity contribution in [2.24, 2.45) is 4.99 Å². The van der Waals surface area contributed by atoms with E-state index in [1.54, 1.807) is 7.05 Å². The number of aromatic nitrogens is 1. The Morgan fingerprint density at radius 3 is 2.50 bits per heavy atom. The molecule has 1 aromatic carbocycles. The Labute approximate surface area is 162 Å². The molecule has 0 radical (unpaired) electrons. The molecule has 0 aliphatic carbocycles. The van der Waals surface area contributed by atoms with E-state index in [0.717, 1.165) is 25.6 Å². The Hall–Kier alpha value is -1.70. The van der Waals surface area contributed by atoms with Gasteiger partial charge < -0.3 is 20.1 Å². The van der Waals surface area contributed by atoms with Gasteiger partial charge in [-0.1, -0.05) is 12.1 Å². The number of anilines is 1. The van der Waals surface area contributed by atoms with Gasteiger partial charge in [0.1, 0.15) is 0 Å². The summed E-state index contributed by atoms with van der Waals surface area (Å²) in [6.07, 6.45) is 4.13. The minimum absolute atomic E-state index is 0. The highest BCUT2D eigenvalue weighted by molar-refractivity contribution is 14.0. The van der Waals surface area contributed by atoms with Crippen molar-refractivity contribution in [3.63, 3.8) is 0 Å². The molecule has 0 saturated carbocycles. The summed E-state index contributed by atoms with van der Waals surface area (Å²) in [7, 11) is 5.94. The summed E-state index contributed by atoms with van der Waals surface area (Å²) >= 11 is 0. The van der Waals surface area contributed by atoms with E-state index in [4.69, 9.17) is 0 Å². The molecule has 0 saturated heterocycles. The fraction of sp³-hybridized carbons (Fsp3) is 0.389. The van der Waals surface area contributed by atoms with Gasteiger partial charge in [-0.3, -0.25) is 4.99 Å². The second-order valence-electron chi connectivity index (χ2n) is 5.80. The monoisotopic (exact) mass is 441 g/mol. The van der Waals surface area contributed by atoms with Gasteiger partial charge in [-0.25, -0.2) is 0 Å². The van der Waals surface area contributed by atoms with Crippen LogP contribution in [0.15, 0.2) is 47.7 Å². The second kappa shape index (κ2) is 10.2. The van der Waals surface area contributed by atoms with Crippen molar-refractivity contribution in [2.75, 3.05) is 32.6 Å². The molecule has 6 heteroatoms. The van der Waals surface area contributed by atoms with Crippen LogP contribution in [0.5, 0.6) is 0 Å². The molecule has 0 amide bonds. The van der Waals surface area contributed by atoms with Crippen LogP contribution in [0, 0.1) is 6.92 Å². The van der Waals surface area contributed by atoms with Crippen molar-refractivity contribution in [1.29, 1.82) is 0 Å². The maximum Gasteiger partial charge on any atom is 0.191 e. The first kappa shape index (κ1) is 20.3. The van der Waals surface area contributed by atoms with Crippen LogP contribution in [0.3, 0.4) is 0 Å². The molecule has 2 rings (SSSR count). The topological polar surface area (TPSA) is 44.6 Å². The standard InChI is InChI=1S/C18H27N5.HI/c1-15-7-8-16(17(13-15)22(3)4)14-21-18(19-2)20-9-12-23-10-5-6-11-23;/h5-8,10-11,13H,9,12,14H2,1-4H3,(H2,19,20,21);1H. The van der Waals surface area contributed by atoms with Gasteiger partial charge in [-0.05, 0) is 36.2 Å². The highest BCUT2D eigenvalue weighted by Gasteiger charge is 2.06. The number of nitrogens with one attached hydrogen (secondary N) is 2. The van der Waals surface area contributed by atoms with Crippen molar-refractivity contribution in [1.82, 2.24) is 15.2 Å². The van der Waals surface area contributed by atoms with Crippen molar-refractivity contribution in [3.8, 4) is 0 Å². The van der Waals surface area contributed by atoms with E-state index < -0.39 is 0 Å². The highest BCUT2D eigenvalue weighted by atomic mass is 127. The molecule has 5 nitrogen and oxygen atoms in total. The number of aryl methyl sites for hydroxylation is 1. The van der Waals surface area contributed by atoms with E-state index >= 15 is 0 Å². The molecule has 2 aromatic rings. The Bertz CT molecular complexity index is 635. The predicted molar refractivity (Wildman–Crippen MR) is 114 cm³/mol. The first-order valence-corrected chi connectivity index (χ1v) is 7.92. The van der Waals surface area contributed by atoms with Crippen LogP contribution >= 0.6 is 24.0 Å². The van der Waals surface area contributed by atoms with E-state index in [0.29, 0.717) is 0 Å². The minimum Gasteiger partial charge on any atom is -0.377 e. The molecule has 132 valence electrons. The number of nitrogens with zero attached hydrogens (tertiary/aromatic N) is 3. The summed E-state index contributed by atoms with van der Waals surface area (Å²) < 4.78 is 2.14. The number of hydrogen-bond acceptors (Lipinski definition) is 2. The van der Waals surface area contributed by atoms with Gasteiger partial charge in [0, 0.05) is 58.9 Å². The fourth-order valence-electron chi connectivity index (χ4n) is 2.46. The molecule has 0 aliphatic rings. The van der Waals surface area contributed by atoms with Crippen LogP contribution in [0.25, 0.3) is 0 Å². The molecule has 0 spiro atoms. The molecule has 0 bridgehead atoms. The number of benzene rings is 1. The Morgan fingerprint density at radius 2 is 1.88 bits per heavy atom. The third-order valence-electron chi connectivity index (χ3n) is 3.72. The van der Waals surface area contributed by atoms with Crippen LogP contribution in [0.4, 0.5) is 5.69 Å². The molecule has 0 unspecified atom stereocenters. The summed E-state index contributed by atoms with van der Waals surface area (Å²) in [5.74, 6) is 0.822. The van der Waals surface area contributed by atoms with Crippen LogP contribution in [-0.2, 0) is 13.1 Å². The third kappa shape index (κ3) is 6.07. The lowest BCUT2D eigenvalue weighted by Gasteiger charge is -2.19. The average molecular weight is 441 g/mol. The van der Waals surface area contributed by atoms with Crippen LogP contribution in [0.2, 0.25) is 0 Å². The van der Waals surface area contributed by atoms with Crippen molar-refractivity contribution in [2.45, 2.75) is 20.0 Å². The van der Waals surface area contributed by atoms with Gasteiger partial charge in [0.05, 0.1) is 0 Å². The normalized spacial score (nSPS) is 10.9. The van der Waals surface area contributed by atoms with E-state index in [1.807, 2.05) is 12.1 Å². The molecule has 1 aromatic heterocycles. The highest BCUT2D eigenvalue weighted by Crippen LogP contribution is 2.20. The van der Waals surface area contributed by atoms with Gasteiger partial charge >= 0.3 is 0 Å². The minimum atomic E-state index is 0. The molecule has 2 N–H and O–H groups in total. The molecular formula is C18H28IN5. The lowest BCUT2D eigenvalue weighted by Crippen LogP contribution is -2.38. The zero-order valence-corrected chi connectivity index (χ0v) is 17.2. The zero-order valence-electron chi connectivity index (χ0n) is 14.9. The lowest BCUT2D eigenvalue weighted by molar-refractivity contribution is 0.665. The molecule has 0 aliphatic heterocycles. The average Bonchev–Trinajstić information content (AvgIpc) is 3.04. The summed E-state index contributed by atoms with van der Waals surface area (Å²) in [5.41, 5.74) is 3.76. The fourth-order valence-corrected chi connectivity index (χ4v) is 2.46. The number of halogens is 1. The second-order valence-corrected chi connectivity index (χ2v) is 5.80. The molecule has 24 heavy (non-hydrogen) atoms. The van der Waals surface area contributed by atoms with Crippen LogP contribution in [-0.4, -0.2) is 38.2 Å². The summed E-state index contributed by atoms with van der Waals surface area (Å²) in [4.78, 5) is 6.43. The van der Waals surface area contributed by atoms with E-state index in [1.165, 1.54) is 16.8 Å². The molecule has 0 fully saturated rings. The van der Waals surface area contributed by atoms with Gasteiger partial charge in [0.25, 0.3) is 0 Å². The first-order valence-electron chi connectivity index (χ1n) is 7.92. The maximum absolute atomic E-state index is 4.29. The van der Waals surface area contributed by atoms with Gasteiger partial charge in [-0.15, -0.1) is 24.0 Å². The molecular weight excluding hydrogens is 413 g/mol. The van der Waals surface area contributed by atoms with E-state index in [-0.39, 0.29) is 24.0 Å². The van der Waals surface area contributed by atoms with Crippen molar-refractivity contribution < 1.29 is 0 Å². The van der Waals surface area contributed by atoms with Gasteiger partial charge in [0.2, 0.25) is 0 Å². The Morgan fingerprint density at radius 1 is 1.17 bits per heavy atom. The summed E-state index contributed by atoms with van der Waals surface area (Å²) in [6.45, 7) is 4.62. The number of rotatable bonds is 6. The van der Waals surface area contributed by atoms with E-state index in [9.17, 15) is 0 Å². The number of guanidine groups is 1. The quantitative estimate of drug-likeness (QED) is 0.412. The summed E-state index contributed by atoms with van der Waals surface area (Å²) in [5, 5.41) is 6.73. The summed E-state index contributed by atoms with van der Waals surface area (Å²) in [6, 6.07) is 10.6. The zero-order chi connectivity index (χ0) is 16.7. The Kier molecular flexibility index (Phi) is 8.67. The smallest absolute Gasteiger partial charge is 0.191 e. The Balaban J connectivity index is 0.00000288. The largest absolute Gasteiger partial charge is 0.377 e. The van der Waals surface area contributed by atoms with Crippen molar-refractivity contribution in [3.05, 3.63) is 53.9 Å². The van der Waals surface area contributed by atoms with Crippen LogP contribution in [0.1, 0.15) is 11.1 Å². The maximum atomic E-state index is 4.29. The van der Waals surface area contributed by atoms with Crippen molar-refractivity contribution >= 4 is 35.6 Å². The van der Waals surface area contributed by atoms with E-state index in [2.05, 4.69) is 76.7 Å². The molecule has 0 atom stereocenters. The molecule has 1 heterocycles. The number of aliphatic imine (C=N–C) groups is 1. The van der Waals surface area contributed by atoms with Gasteiger partial charge in [0.15, 0.2) is 5.96 Å². The third-order valence-corrected chi connectivity index (χ3v) is 3.72. The van der Waals surface area contributed by atoms with Crippen LogP contribution < -0.4 is 15.5 Å². The predicted octanol–water partition coefficient (Wildman–Crippen LogP) is 2.85.